The smallest absolute Gasteiger partial charge is 0.463 e. The van der Waals surface area contributed by atoms with Gasteiger partial charge in [-0.2, -0.15) is 4.79 Å². The quantitative estimate of drug-likeness (QED) is 0.231. The molecule has 120 valence electrons. The van der Waals surface area contributed by atoms with E-state index in [0.717, 1.165) is 7.11 Å². The molecule has 1 heterocycles. The van der Waals surface area contributed by atoms with E-state index in [1.165, 1.54) is 0 Å². The summed E-state index contributed by atoms with van der Waals surface area (Å²) < 4.78 is 9.44. The van der Waals surface area contributed by atoms with Gasteiger partial charge in [0, 0.05) is 6.42 Å². The van der Waals surface area contributed by atoms with Crippen LogP contribution < -0.4 is 0 Å². The average molecular weight is 311 g/mol. The molecule has 9 nitrogen and oxygen atoms in total. The van der Waals surface area contributed by atoms with Gasteiger partial charge >= 0.3 is 23.6 Å². The minimum atomic E-state index is -1.20. The van der Waals surface area contributed by atoms with E-state index in [4.69, 9.17) is 10.3 Å². The maximum atomic E-state index is 12.3. The highest BCUT2D eigenvalue weighted by Crippen LogP contribution is 2.20. The highest BCUT2D eigenvalue weighted by Gasteiger charge is 2.48. The van der Waals surface area contributed by atoms with Crippen LogP contribution in [0.2, 0.25) is 0 Å². The molecule has 0 aromatic rings. The molecule has 1 fully saturated rings. The van der Waals surface area contributed by atoms with E-state index in [0.29, 0.717) is 4.90 Å². The third-order valence-corrected chi connectivity index (χ3v) is 2.80. The van der Waals surface area contributed by atoms with E-state index < -0.39 is 41.1 Å². The Kier molecular flexibility index (Phi) is 5.16. The average Bonchev–Trinajstić information content (AvgIpc) is 2.78. The van der Waals surface area contributed by atoms with E-state index in [1.807, 2.05) is 0 Å². The van der Waals surface area contributed by atoms with Crippen LogP contribution in [0.5, 0.6) is 0 Å². The molecule has 1 atom stereocenters. The van der Waals surface area contributed by atoms with Gasteiger partial charge < -0.3 is 15.0 Å². The number of imide groups is 1. The minimum Gasteiger partial charge on any atom is -0.467 e. The Morgan fingerprint density at radius 1 is 1.32 bits per heavy atom. The van der Waals surface area contributed by atoms with Gasteiger partial charge in [0.2, 0.25) is 5.91 Å². The van der Waals surface area contributed by atoms with Crippen LogP contribution in [0.3, 0.4) is 0 Å². The summed E-state index contributed by atoms with van der Waals surface area (Å²) in [6.45, 7) is 4.67. The van der Waals surface area contributed by atoms with Crippen molar-refractivity contribution in [2.45, 2.75) is 45.3 Å². The number of methoxy groups -OCH3 is 1. The molecule has 0 N–H and O–H groups in total. The van der Waals surface area contributed by atoms with Crippen molar-refractivity contribution in [3.05, 3.63) is 5.53 Å². The number of esters is 2. The van der Waals surface area contributed by atoms with Crippen molar-refractivity contribution < 1.29 is 33.4 Å². The van der Waals surface area contributed by atoms with Crippen LogP contribution in [0, 0.1) is 0 Å². The lowest BCUT2D eigenvalue weighted by molar-refractivity contribution is -0.158. The monoisotopic (exact) mass is 311 g/mol. The van der Waals surface area contributed by atoms with Crippen LogP contribution in [0.1, 0.15) is 33.6 Å². The van der Waals surface area contributed by atoms with E-state index in [1.54, 1.807) is 20.8 Å². The fraction of sp³-hybridized carbons (Fsp3) is 0.615. The molecule has 0 saturated carbocycles. The maximum absolute atomic E-state index is 12.3. The summed E-state index contributed by atoms with van der Waals surface area (Å²) in [5.74, 6) is -3.84. The molecule has 0 bridgehead atoms. The zero-order valence-electron chi connectivity index (χ0n) is 12.8. The van der Waals surface area contributed by atoms with Gasteiger partial charge in [0.25, 0.3) is 0 Å². The summed E-state index contributed by atoms with van der Waals surface area (Å²) in [5.41, 5.74) is 7.00. The Balaban J connectivity index is 3.05. The second kappa shape index (κ2) is 6.48. The molecule has 0 aromatic heterocycles. The van der Waals surface area contributed by atoms with E-state index in [2.05, 4.69) is 9.53 Å². The molecule has 1 saturated heterocycles. The van der Waals surface area contributed by atoms with Crippen LogP contribution in [0.4, 0.5) is 0 Å². The predicted molar refractivity (Wildman–Crippen MR) is 71.4 cm³/mol. The van der Waals surface area contributed by atoms with E-state index in [-0.39, 0.29) is 12.8 Å². The lowest BCUT2D eigenvalue weighted by Crippen LogP contribution is -2.49. The summed E-state index contributed by atoms with van der Waals surface area (Å²) in [6, 6.07) is -1.15. The van der Waals surface area contributed by atoms with Gasteiger partial charge in [0.15, 0.2) is 0 Å². The number of nitrogens with zero attached hydrogens (tertiary/aromatic N) is 3. The normalized spacial score (nSPS) is 17.7. The second-order valence-corrected chi connectivity index (χ2v) is 5.60. The number of likely N-dealkylation sites (tertiary alicyclic amines) is 1. The molecular weight excluding hydrogens is 294 g/mol. The molecule has 2 amide bonds. The van der Waals surface area contributed by atoms with Crippen molar-refractivity contribution in [2.75, 3.05) is 7.11 Å². The van der Waals surface area contributed by atoms with Gasteiger partial charge in [-0.3, -0.25) is 14.5 Å². The molecule has 0 aliphatic carbocycles. The zero-order valence-corrected chi connectivity index (χ0v) is 12.8. The first-order valence-corrected chi connectivity index (χ1v) is 6.52. The first kappa shape index (κ1) is 17.5. The number of rotatable bonds is 3. The van der Waals surface area contributed by atoms with Crippen LogP contribution in [-0.4, -0.2) is 57.9 Å². The highest BCUT2D eigenvalue weighted by atomic mass is 16.6. The molecule has 0 aromatic carbocycles. The molecule has 9 heteroatoms. The molecule has 22 heavy (non-hydrogen) atoms. The van der Waals surface area contributed by atoms with Gasteiger partial charge in [-0.15, -0.1) is 0 Å². The molecule has 1 aliphatic rings. The van der Waals surface area contributed by atoms with Crippen molar-refractivity contribution >= 4 is 29.5 Å². The Morgan fingerprint density at radius 2 is 1.91 bits per heavy atom. The second-order valence-electron chi connectivity index (χ2n) is 5.60. The summed E-state index contributed by atoms with van der Waals surface area (Å²) >= 11 is 0. The number of ether oxygens (including phenoxy) is 2. The number of hydrogen-bond donors (Lipinski definition) is 0. The topological polar surface area (TPSA) is 126 Å². The molecule has 0 radical (unpaired) electrons. The van der Waals surface area contributed by atoms with Crippen LogP contribution in [-0.2, 0) is 28.7 Å². The predicted octanol–water partition coefficient (Wildman–Crippen LogP) is -0.310. The van der Waals surface area contributed by atoms with Crippen molar-refractivity contribution in [1.29, 1.82) is 0 Å². The van der Waals surface area contributed by atoms with Gasteiger partial charge in [-0.1, -0.05) is 0 Å². The van der Waals surface area contributed by atoms with Crippen molar-refractivity contribution in [2.24, 2.45) is 0 Å². The molecule has 1 unspecified atom stereocenters. The summed E-state index contributed by atoms with van der Waals surface area (Å²) in [6.07, 6.45) is 0.0167. The van der Waals surface area contributed by atoms with Gasteiger partial charge in [0.05, 0.1) is 7.11 Å². The fourth-order valence-electron chi connectivity index (χ4n) is 1.91. The standard InChI is InChI=1S/C13H17N3O6/c1-13(2,3)22-12(20)9(15-14)10(18)16-7(11(19)21-4)5-6-8(16)17/h7H,5-6H2,1-4H3. The number of carbonyl (C=O) groups excluding carboxylic acids is 4. The highest BCUT2D eigenvalue weighted by molar-refractivity contribution is 6.62. The van der Waals surface area contributed by atoms with Crippen molar-refractivity contribution in [1.82, 2.24) is 4.90 Å². The maximum Gasteiger partial charge on any atom is 0.463 e. The fourth-order valence-corrected chi connectivity index (χ4v) is 1.91. The summed E-state index contributed by atoms with van der Waals surface area (Å²) in [5, 5.41) is 0. The van der Waals surface area contributed by atoms with Crippen LogP contribution >= 0.6 is 0 Å². The third-order valence-electron chi connectivity index (χ3n) is 2.80. The van der Waals surface area contributed by atoms with E-state index >= 15 is 0 Å². The summed E-state index contributed by atoms with van der Waals surface area (Å²) in [4.78, 5) is 50.7. The van der Waals surface area contributed by atoms with Gasteiger partial charge in [-0.05, 0) is 27.2 Å². The Bertz CT molecular complexity index is 571. The molecule has 1 aliphatic heterocycles. The van der Waals surface area contributed by atoms with Gasteiger partial charge in [0.1, 0.15) is 11.6 Å². The molecular formula is C13H17N3O6. The van der Waals surface area contributed by atoms with Crippen molar-refractivity contribution in [3.8, 4) is 0 Å². The minimum absolute atomic E-state index is 0.0570. The first-order valence-electron chi connectivity index (χ1n) is 6.52. The zero-order chi connectivity index (χ0) is 17.1. The Morgan fingerprint density at radius 3 is 2.36 bits per heavy atom. The van der Waals surface area contributed by atoms with Gasteiger partial charge in [-0.25, -0.2) is 9.59 Å². The number of hydrogen-bond acceptors (Lipinski definition) is 6. The summed E-state index contributed by atoms with van der Waals surface area (Å²) in [7, 11) is 1.11. The van der Waals surface area contributed by atoms with E-state index in [9.17, 15) is 19.2 Å². The SMILES string of the molecule is COC(=O)C1CCC(=O)N1C(=O)C(=[N+]=[N-])C(=O)OC(C)(C)C. The Hall–Kier alpha value is -2.54. The molecule has 0 spiro atoms. The number of carbonyl (C=O) groups is 4. The van der Waals surface area contributed by atoms with Crippen molar-refractivity contribution in [3.63, 3.8) is 0 Å². The number of amides is 2. The lowest BCUT2D eigenvalue weighted by atomic mass is 10.2. The first-order chi connectivity index (χ1) is 10.1. The lowest BCUT2D eigenvalue weighted by Gasteiger charge is -2.20. The largest absolute Gasteiger partial charge is 0.467 e. The third kappa shape index (κ3) is 3.76. The van der Waals surface area contributed by atoms with Crippen LogP contribution in [0.15, 0.2) is 0 Å². The van der Waals surface area contributed by atoms with Crippen LogP contribution in [0.25, 0.3) is 5.53 Å². The Labute approximate surface area is 126 Å². The molecule has 1 rings (SSSR count).